The molecule has 1 fully saturated rings. The lowest BCUT2D eigenvalue weighted by Crippen LogP contribution is -2.49. The van der Waals surface area contributed by atoms with E-state index in [1.54, 1.807) is 0 Å². The van der Waals surface area contributed by atoms with Crippen molar-refractivity contribution in [2.24, 2.45) is 11.8 Å². The molecule has 0 amide bonds. The van der Waals surface area contributed by atoms with E-state index in [1.807, 2.05) is 13.8 Å². The van der Waals surface area contributed by atoms with E-state index in [0.29, 0.717) is 12.6 Å². The third-order valence-corrected chi connectivity index (χ3v) is 4.25. The highest BCUT2D eigenvalue weighted by atomic mass is 16.3. The third-order valence-electron chi connectivity index (χ3n) is 4.25. The molecule has 3 atom stereocenters. The normalized spacial score (nSPS) is 28.4. The summed E-state index contributed by atoms with van der Waals surface area (Å²) in [5.41, 5.74) is -0.687. The Balaban J connectivity index is 2.75. The molecule has 0 aliphatic heterocycles. The third kappa shape index (κ3) is 5.12. The summed E-state index contributed by atoms with van der Waals surface area (Å²) in [5.74, 6) is 0.894. The van der Waals surface area contributed by atoms with Crippen LogP contribution in [0.1, 0.15) is 59.8 Å². The van der Waals surface area contributed by atoms with E-state index >= 15 is 0 Å². The van der Waals surface area contributed by atoms with Gasteiger partial charge in [0.15, 0.2) is 0 Å². The van der Waals surface area contributed by atoms with Crippen molar-refractivity contribution in [3.63, 3.8) is 0 Å². The largest absolute Gasteiger partial charge is 0.389 e. The predicted molar refractivity (Wildman–Crippen MR) is 78.7 cm³/mol. The lowest BCUT2D eigenvalue weighted by molar-refractivity contribution is 0.00242. The summed E-state index contributed by atoms with van der Waals surface area (Å²) >= 11 is 0. The minimum Gasteiger partial charge on any atom is -0.389 e. The minimum absolute atomic E-state index is 0.135. The summed E-state index contributed by atoms with van der Waals surface area (Å²) in [6.45, 7) is 9.63. The molecule has 0 aromatic rings. The number of hydrogen-bond acceptors (Lipinski definition) is 3. The van der Waals surface area contributed by atoms with Crippen molar-refractivity contribution < 1.29 is 5.11 Å². The highest BCUT2D eigenvalue weighted by molar-refractivity contribution is 4.98. The van der Waals surface area contributed by atoms with Crippen molar-refractivity contribution in [1.82, 2.24) is 4.90 Å². The van der Waals surface area contributed by atoms with Crippen LogP contribution in [0.3, 0.4) is 0 Å². The van der Waals surface area contributed by atoms with Gasteiger partial charge in [0.2, 0.25) is 0 Å². The van der Waals surface area contributed by atoms with E-state index in [1.165, 1.54) is 19.3 Å². The number of hydrogen-bond donors (Lipinski definition) is 1. The lowest BCUT2D eigenvalue weighted by Gasteiger charge is -2.42. The van der Waals surface area contributed by atoms with Gasteiger partial charge in [-0.05, 0) is 45.6 Å². The van der Waals surface area contributed by atoms with E-state index < -0.39 is 5.60 Å². The maximum atomic E-state index is 10.1. The molecule has 1 aliphatic rings. The van der Waals surface area contributed by atoms with Crippen LogP contribution in [-0.4, -0.2) is 34.7 Å². The summed E-state index contributed by atoms with van der Waals surface area (Å²) < 4.78 is 0. The molecule has 19 heavy (non-hydrogen) atoms. The second kappa shape index (κ2) is 7.26. The first-order valence-electron chi connectivity index (χ1n) is 7.77. The van der Waals surface area contributed by atoms with Crippen LogP contribution in [0, 0.1) is 23.2 Å². The summed E-state index contributed by atoms with van der Waals surface area (Å²) in [5, 5.41) is 19.4. The zero-order valence-electron chi connectivity index (χ0n) is 13.0. The fourth-order valence-electron chi connectivity index (χ4n) is 3.42. The second-order valence-electron chi connectivity index (χ2n) is 6.65. The predicted octanol–water partition coefficient (Wildman–Crippen LogP) is 3.19. The Labute approximate surface area is 118 Å². The average molecular weight is 266 g/mol. The first-order chi connectivity index (χ1) is 8.91. The smallest absolute Gasteiger partial charge is 0.0718 e. The molecule has 1 aliphatic carbocycles. The zero-order chi connectivity index (χ0) is 14.5. The van der Waals surface area contributed by atoms with Gasteiger partial charge >= 0.3 is 0 Å². The van der Waals surface area contributed by atoms with Gasteiger partial charge in [-0.2, -0.15) is 5.26 Å². The fraction of sp³-hybridized carbons (Fsp3) is 0.938. The molecule has 1 saturated carbocycles. The lowest BCUT2D eigenvalue weighted by atomic mass is 9.76. The van der Waals surface area contributed by atoms with E-state index in [-0.39, 0.29) is 5.92 Å². The molecule has 0 aromatic carbocycles. The van der Waals surface area contributed by atoms with Gasteiger partial charge in [0.05, 0.1) is 17.6 Å². The Morgan fingerprint density at radius 2 is 2.00 bits per heavy atom. The van der Waals surface area contributed by atoms with Gasteiger partial charge in [-0.1, -0.05) is 26.7 Å². The van der Waals surface area contributed by atoms with Crippen LogP contribution in [-0.2, 0) is 0 Å². The number of nitrogens with zero attached hydrogens (tertiary/aromatic N) is 2. The zero-order valence-corrected chi connectivity index (χ0v) is 13.0. The maximum Gasteiger partial charge on any atom is 0.0718 e. The topological polar surface area (TPSA) is 47.3 Å². The standard InChI is InChI=1S/C16H30N2O/c1-5-7-13-8-9-14(11-17)15(10-13)18(6-2)12-16(3,4)19/h13-15,19H,5-10,12H2,1-4H3. The first-order valence-corrected chi connectivity index (χ1v) is 7.77. The van der Waals surface area contributed by atoms with Gasteiger partial charge < -0.3 is 5.11 Å². The summed E-state index contributed by atoms with van der Waals surface area (Å²) in [6.07, 6.45) is 5.84. The Morgan fingerprint density at radius 1 is 1.32 bits per heavy atom. The van der Waals surface area contributed by atoms with Crippen molar-refractivity contribution in [2.45, 2.75) is 71.4 Å². The number of rotatable bonds is 6. The second-order valence-corrected chi connectivity index (χ2v) is 6.65. The summed E-state index contributed by atoms with van der Waals surface area (Å²) in [4.78, 5) is 2.32. The molecule has 1 rings (SSSR count). The average Bonchev–Trinajstić information content (AvgIpc) is 2.35. The van der Waals surface area contributed by atoms with Gasteiger partial charge in [0.25, 0.3) is 0 Å². The molecule has 0 aromatic heterocycles. The van der Waals surface area contributed by atoms with Gasteiger partial charge in [-0.15, -0.1) is 0 Å². The van der Waals surface area contributed by atoms with Crippen molar-refractivity contribution >= 4 is 0 Å². The summed E-state index contributed by atoms with van der Waals surface area (Å²) in [7, 11) is 0. The summed E-state index contributed by atoms with van der Waals surface area (Å²) in [6, 6.07) is 2.82. The molecule has 110 valence electrons. The highest BCUT2D eigenvalue weighted by Gasteiger charge is 2.35. The van der Waals surface area contributed by atoms with E-state index in [2.05, 4.69) is 24.8 Å². The number of aliphatic hydroxyl groups is 1. The Kier molecular flexibility index (Phi) is 6.29. The molecule has 1 N–H and O–H groups in total. The molecule has 0 bridgehead atoms. The SMILES string of the molecule is CCCC1CCC(C#N)C(N(CC)CC(C)(C)O)C1. The maximum absolute atomic E-state index is 10.1. The molecule has 0 spiro atoms. The monoisotopic (exact) mass is 266 g/mol. The number of nitriles is 1. The fourth-order valence-corrected chi connectivity index (χ4v) is 3.42. The van der Waals surface area contributed by atoms with Crippen molar-refractivity contribution in [1.29, 1.82) is 5.26 Å². The quantitative estimate of drug-likeness (QED) is 0.803. The van der Waals surface area contributed by atoms with Crippen LogP contribution in [0.5, 0.6) is 0 Å². The van der Waals surface area contributed by atoms with Crippen LogP contribution in [0.15, 0.2) is 0 Å². The van der Waals surface area contributed by atoms with Crippen molar-refractivity contribution in [2.75, 3.05) is 13.1 Å². The Morgan fingerprint density at radius 3 is 2.47 bits per heavy atom. The number of likely N-dealkylation sites (N-methyl/N-ethyl adjacent to an activating group) is 1. The van der Waals surface area contributed by atoms with Crippen LogP contribution in [0.2, 0.25) is 0 Å². The van der Waals surface area contributed by atoms with Crippen LogP contribution >= 0.6 is 0 Å². The highest BCUT2D eigenvalue weighted by Crippen LogP contribution is 2.34. The van der Waals surface area contributed by atoms with Gasteiger partial charge in [-0.25, -0.2) is 0 Å². The van der Waals surface area contributed by atoms with Crippen molar-refractivity contribution in [3.05, 3.63) is 0 Å². The van der Waals surface area contributed by atoms with Crippen LogP contribution in [0.25, 0.3) is 0 Å². The van der Waals surface area contributed by atoms with E-state index in [9.17, 15) is 10.4 Å². The molecule has 0 radical (unpaired) electrons. The Bertz CT molecular complexity index is 303. The van der Waals surface area contributed by atoms with Crippen LogP contribution in [0.4, 0.5) is 0 Å². The molecule has 3 heteroatoms. The van der Waals surface area contributed by atoms with Gasteiger partial charge in [0.1, 0.15) is 0 Å². The molecular formula is C16H30N2O. The Hall–Kier alpha value is -0.590. The van der Waals surface area contributed by atoms with Gasteiger partial charge in [-0.3, -0.25) is 4.90 Å². The van der Waals surface area contributed by atoms with Crippen LogP contribution < -0.4 is 0 Å². The minimum atomic E-state index is -0.687. The molecule has 0 saturated heterocycles. The van der Waals surface area contributed by atoms with Gasteiger partial charge in [0, 0.05) is 12.6 Å². The molecule has 0 heterocycles. The van der Waals surface area contributed by atoms with Crippen molar-refractivity contribution in [3.8, 4) is 6.07 Å². The molecule has 3 unspecified atom stereocenters. The molecule has 3 nitrogen and oxygen atoms in total. The first kappa shape index (κ1) is 16.5. The van der Waals surface area contributed by atoms with E-state index in [0.717, 1.165) is 25.3 Å². The van der Waals surface area contributed by atoms with E-state index in [4.69, 9.17) is 0 Å². The molecular weight excluding hydrogens is 236 g/mol.